The molecule has 0 aliphatic heterocycles. The maximum atomic E-state index is 9.31. The van der Waals surface area contributed by atoms with E-state index in [4.69, 9.17) is 5.26 Å². The molecule has 100 valence electrons. The molecular weight excluding hydrogens is 262 g/mol. The van der Waals surface area contributed by atoms with Crippen LogP contribution >= 0.6 is 0 Å². The molecule has 21 heavy (non-hydrogen) atoms. The molecule has 2 heterocycles. The number of hydrogen-bond donors (Lipinski definition) is 0. The maximum absolute atomic E-state index is 9.31. The summed E-state index contributed by atoms with van der Waals surface area (Å²) >= 11 is 0. The third kappa shape index (κ3) is 2.11. The Morgan fingerprint density at radius 2 is 1.90 bits per heavy atom. The van der Waals surface area contributed by atoms with Crippen LogP contribution in [0.1, 0.15) is 17.1 Å². The predicted octanol–water partition coefficient (Wildman–Crippen LogP) is 2.67. The van der Waals surface area contributed by atoms with E-state index in [1.165, 1.54) is 0 Å². The number of nitriles is 2. The van der Waals surface area contributed by atoms with Gasteiger partial charge < -0.3 is 0 Å². The molecule has 0 bridgehead atoms. The Labute approximate surface area is 121 Å². The molecule has 0 unspecified atom stereocenters. The summed E-state index contributed by atoms with van der Waals surface area (Å²) < 4.78 is 1.80. The van der Waals surface area contributed by atoms with Crippen molar-refractivity contribution in [2.75, 3.05) is 0 Å². The average Bonchev–Trinajstić information content (AvgIpc) is 2.85. The Kier molecular flexibility index (Phi) is 3.10. The summed E-state index contributed by atoms with van der Waals surface area (Å²) in [6.45, 7) is 1.87. The van der Waals surface area contributed by atoms with Gasteiger partial charge in [0, 0.05) is 5.69 Å². The van der Waals surface area contributed by atoms with Gasteiger partial charge in [-0.05, 0) is 31.2 Å². The molecule has 0 N–H and O–H groups in total. The number of fused-ring (bicyclic) bond motifs is 1. The summed E-state index contributed by atoms with van der Waals surface area (Å²) in [6.07, 6.45) is 0.162. The molecule has 0 aliphatic carbocycles. The number of aryl methyl sites for hydroxylation is 1. The Hall–Kier alpha value is -3.18. The molecular formula is C16H11N5. The Morgan fingerprint density at radius 3 is 2.67 bits per heavy atom. The van der Waals surface area contributed by atoms with Gasteiger partial charge in [-0.25, -0.2) is 9.97 Å². The average molecular weight is 273 g/mol. The number of rotatable bonds is 2. The third-order valence-corrected chi connectivity index (χ3v) is 3.21. The normalized spacial score (nSPS) is 10.2. The molecule has 1 aromatic carbocycles. The number of hydrogen-bond acceptors (Lipinski definition) is 4. The summed E-state index contributed by atoms with van der Waals surface area (Å²) in [5.74, 6) is 1.12. The Morgan fingerprint density at radius 1 is 1.10 bits per heavy atom. The van der Waals surface area contributed by atoms with Gasteiger partial charge in [-0.3, -0.25) is 4.57 Å². The highest BCUT2D eigenvalue weighted by Gasteiger charge is 2.16. The van der Waals surface area contributed by atoms with Gasteiger partial charge in [-0.2, -0.15) is 10.5 Å². The van der Waals surface area contributed by atoms with Crippen LogP contribution in [-0.2, 0) is 6.42 Å². The van der Waals surface area contributed by atoms with E-state index in [1.54, 1.807) is 16.7 Å². The molecule has 3 rings (SSSR count). The molecule has 0 spiro atoms. The number of pyridine rings is 1. The second kappa shape index (κ2) is 5.07. The first kappa shape index (κ1) is 12.8. The van der Waals surface area contributed by atoms with Crippen LogP contribution in [0, 0.1) is 29.6 Å². The monoisotopic (exact) mass is 273 g/mol. The molecule has 0 aliphatic rings. The fourth-order valence-corrected chi connectivity index (χ4v) is 2.30. The highest BCUT2D eigenvalue weighted by molar-refractivity contribution is 5.78. The van der Waals surface area contributed by atoms with E-state index >= 15 is 0 Å². The molecule has 5 heteroatoms. The standard InChI is InChI=1S/C16H11N5/c1-11-6-7-12(10-18)16(19-11)21-14-5-3-2-4-13(14)20-15(21)8-9-17/h2-7H,8H2,1H3. The summed E-state index contributed by atoms with van der Waals surface area (Å²) in [7, 11) is 0. The first-order valence-corrected chi connectivity index (χ1v) is 6.46. The van der Waals surface area contributed by atoms with Gasteiger partial charge in [-0.1, -0.05) is 12.1 Å². The summed E-state index contributed by atoms with van der Waals surface area (Å²) in [5, 5.41) is 18.3. The van der Waals surface area contributed by atoms with Crippen molar-refractivity contribution in [3.63, 3.8) is 0 Å². The van der Waals surface area contributed by atoms with Crippen molar-refractivity contribution in [2.45, 2.75) is 13.3 Å². The van der Waals surface area contributed by atoms with Gasteiger partial charge in [0.2, 0.25) is 0 Å². The minimum atomic E-state index is 0.162. The number of nitrogens with zero attached hydrogens (tertiary/aromatic N) is 5. The molecule has 0 amide bonds. The SMILES string of the molecule is Cc1ccc(C#N)c(-n2c(CC#N)nc3ccccc32)n1. The van der Waals surface area contributed by atoms with E-state index in [9.17, 15) is 5.26 Å². The van der Waals surface area contributed by atoms with Gasteiger partial charge >= 0.3 is 0 Å². The van der Waals surface area contributed by atoms with E-state index in [0.29, 0.717) is 17.2 Å². The van der Waals surface area contributed by atoms with Gasteiger partial charge in [0.1, 0.15) is 11.9 Å². The predicted molar refractivity (Wildman–Crippen MR) is 77.6 cm³/mol. The topological polar surface area (TPSA) is 78.3 Å². The first-order valence-electron chi connectivity index (χ1n) is 6.46. The highest BCUT2D eigenvalue weighted by atomic mass is 15.1. The van der Waals surface area contributed by atoms with Crippen LogP contribution < -0.4 is 0 Å². The van der Waals surface area contributed by atoms with E-state index in [0.717, 1.165) is 16.7 Å². The molecule has 0 fully saturated rings. The maximum Gasteiger partial charge on any atom is 0.156 e. The zero-order chi connectivity index (χ0) is 14.8. The van der Waals surface area contributed by atoms with E-state index in [2.05, 4.69) is 22.1 Å². The van der Waals surface area contributed by atoms with Crippen LogP contribution in [0.3, 0.4) is 0 Å². The number of imidazole rings is 1. The van der Waals surface area contributed by atoms with Gasteiger partial charge in [0.15, 0.2) is 5.82 Å². The fraction of sp³-hybridized carbons (Fsp3) is 0.125. The van der Waals surface area contributed by atoms with Crippen molar-refractivity contribution in [2.24, 2.45) is 0 Å². The molecule has 0 radical (unpaired) electrons. The van der Waals surface area contributed by atoms with Gasteiger partial charge in [-0.15, -0.1) is 0 Å². The van der Waals surface area contributed by atoms with Crippen LogP contribution in [0.25, 0.3) is 16.9 Å². The lowest BCUT2D eigenvalue weighted by atomic mass is 10.2. The van der Waals surface area contributed by atoms with Crippen LogP contribution in [0.2, 0.25) is 0 Å². The van der Waals surface area contributed by atoms with Crippen molar-refractivity contribution >= 4 is 11.0 Å². The Balaban J connectivity index is 2.39. The zero-order valence-electron chi connectivity index (χ0n) is 11.4. The van der Waals surface area contributed by atoms with Crippen molar-refractivity contribution in [3.8, 4) is 18.0 Å². The highest BCUT2D eigenvalue weighted by Crippen LogP contribution is 2.23. The number of para-hydroxylation sites is 2. The summed E-state index contributed by atoms with van der Waals surface area (Å²) in [4.78, 5) is 8.95. The van der Waals surface area contributed by atoms with Gasteiger partial charge in [0.25, 0.3) is 0 Å². The molecule has 5 nitrogen and oxygen atoms in total. The minimum Gasteiger partial charge on any atom is -0.278 e. The molecule has 0 saturated heterocycles. The molecule has 0 atom stereocenters. The number of benzene rings is 1. The van der Waals surface area contributed by atoms with Crippen LogP contribution in [-0.4, -0.2) is 14.5 Å². The van der Waals surface area contributed by atoms with Crippen LogP contribution in [0.5, 0.6) is 0 Å². The van der Waals surface area contributed by atoms with Gasteiger partial charge in [0.05, 0.1) is 29.1 Å². The van der Waals surface area contributed by atoms with Crippen LogP contribution in [0.15, 0.2) is 36.4 Å². The second-order valence-corrected chi connectivity index (χ2v) is 4.62. The van der Waals surface area contributed by atoms with Crippen LogP contribution in [0.4, 0.5) is 0 Å². The lowest BCUT2D eigenvalue weighted by Gasteiger charge is -2.09. The van der Waals surface area contributed by atoms with E-state index < -0.39 is 0 Å². The summed E-state index contributed by atoms with van der Waals surface area (Å²) in [6, 6.07) is 15.4. The Bertz CT molecular complexity index is 909. The molecule has 2 aromatic heterocycles. The van der Waals surface area contributed by atoms with E-state index in [-0.39, 0.29) is 6.42 Å². The van der Waals surface area contributed by atoms with Crippen molar-refractivity contribution in [1.29, 1.82) is 10.5 Å². The molecule has 0 saturated carbocycles. The lowest BCUT2D eigenvalue weighted by Crippen LogP contribution is -2.06. The van der Waals surface area contributed by atoms with E-state index in [1.807, 2.05) is 31.2 Å². The third-order valence-electron chi connectivity index (χ3n) is 3.21. The van der Waals surface area contributed by atoms with Crippen molar-refractivity contribution in [3.05, 3.63) is 53.5 Å². The number of aromatic nitrogens is 3. The van der Waals surface area contributed by atoms with Crippen molar-refractivity contribution < 1.29 is 0 Å². The largest absolute Gasteiger partial charge is 0.278 e. The smallest absolute Gasteiger partial charge is 0.156 e. The second-order valence-electron chi connectivity index (χ2n) is 4.62. The minimum absolute atomic E-state index is 0.162. The summed E-state index contributed by atoms with van der Waals surface area (Å²) in [5.41, 5.74) is 2.90. The lowest BCUT2D eigenvalue weighted by molar-refractivity contribution is 0.909. The quantitative estimate of drug-likeness (QED) is 0.719. The molecule has 3 aromatic rings. The first-order chi connectivity index (χ1) is 10.2. The zero-order valence-corrected chi connectivity index (χ0v) is 11.4. The fourth-order valence-electron chi connectivity index (χ4n) is 2.30. The van der Waals surface area contributed by atoms with Crippen molar-refractivity contribution in [1.82, 2.24) is 14.5 Å².